The average Bonchev–Trinajstić information content (AvgIpc) is 2.80. The van der Waals surface area contributed by atoms with E-state index in [0.717, 1.165) is 3.57 Å². The second-order valence-electron chi connectivity index (χ2n) is 4.86. The second kappa shape index (κ2) is 5.92. The van der Waals surface area contributed by atoms with Crippen molar-refractivity contribution in [3.8, 4) is 11.5 Å². The topological polar surface area (TPSA) is 89.9 Å². The summed E-state index contributed by atoms with van der Waals surface area (Å²) in [4.78, 5) is 24.5. The Bertz CT molecular complexity index is 830. The maximum atomic E-state index is 12.4. The highest BCUT2D eigenvalue weighted by Crippen LogP contribution is 2.27. The van der Waals surface area contributed by atoms with Crippen LogP contribution in [0.1, 0.15) is 5.56 Å². The van der Waals surface area contributed by atoms with Gasteiger partial charge in [0.15, 0.2) is 11.5 Å². The number of halogens is 1. The Balaban J connectivity index is 1.93. The van der Waals surface area contributed by atoms with E-state index in [1.165, 1.54) is 29.3 Å². The predicted molar refractivity (Wildman–Crippen MR) is 92.5 cm³/mol. The van der Waals surface area contributed by atoms with Crippen LogP contribution in [-0.2, 0) is 9.59 Å². The fourth-order valence-corrected chi connectivity index (χ4v) is 2.49. The molecule has 0 aliphatic carbocycles. The number of aromatic hydroxyl groups is 2. The molecule has 1 aliphatic rings. The summed E-state index contributed by atoms with van der Waals surface area (Å²) in [7, 11) is 0. The molecule has 0 radical (unpaired) electrons. The fraction of sp³-hybridized carbons (Fsp3) is 0. The smallest absolute Gasteiger partial charge is 0.282 e. The molecule has 7 heteroatoms. The third-order valence-corrected chi connectivity index (χ3v) is 4.01. The van der Waals surface area contributed by atoms with Gasteiger partial charge in [-0.1, -0.05) is 6.07 Å². The number of anilines is 1. The summed E-state index contributed by atoms with van der Waals surface area (Å²) in [5.41, 5.74) is 3.44. The van der Waals surface area contributed by atoms with Gasteiger partial charge < -0.3 is 10.2 Å². The molecule has 0 saturated carbocycles. The summed E-state index contributed by atoms with van der Waals surface area (Å²) in [6.07, 6.45) is 1.36. The maximum absolute atomic E-state index is 12.4. The van der Waals surface area contributed by atoms with Gasteiger partial charge in [-0.3, -0.25) is 15.0 Å². The largest absolute Gasteiger partial charge is 0.504 e. The van der Waals surface area contributed by atoms with Crippen LogP contribution < -0.4 is 10.4 Å². The van der Waals surface area contributed by atoms with Crippen molar-refractivity contribution in [2.45, 2.75) is 0 Å². The van der Waals surface area contributed by atoms with Crippen molar-refractivity contribution in [2.75, 3.05) is 5.01 Å². The van der Waals surface area contributed by atoms with E-state index in [2.05, 4.69) is 28.0 Å². The SMILES string of the molecule is O=C1NN(c2ccc(I)cc2)C(=O)/C1=C/c1ccc(O)c(O)c1. The van der Waals surface area contributed by atoms with Crippen LogP contribution in [0, 0.1) is 3.57 Å². The maximum Gasteiger partial charge on any atom is 0.282 e. The number of carbonyl (C=O) groups excluding carboxylic acids is 2. The number of phenolic OH excluding ortho intramolecular Hbond substituents is 2. The van der Waals surface area contributed by atoms with Gasteiger partial charge in [-0.2, -0.15) is 0 Å². The summed E-state index contributed by atoms with van der Waals surface area (Å²) in [5, 5.41) is 20.0. The normalized spacial score (nSPS) is 16.0. The first-order valence-electron chi connectivity index (χ1n) is 6.60. The molecular formula is C16H11IN2O4. The summed E-state index contributed by atoms with van der Waals surface area (Å²) in [6, 6.07) is 11.2. The monoisotopic (exact) mass is 422 g/mol. The molecule has 1 aliphatic heterocycles. The van der Waals surface area contributed by atoms with Gasteiger partial charge in [0.05, 0.1) is 5.69 Å². The summed E-state index contributed by atoms with van der Waals surface area (Å²) in [6.45, 7) is 0. The minimum atomic E-state index is -0.527. The van der Waals surface area contributed by atoms with E-state index in [1.807, 2.05) is 12.1 Å². The minimum Gasteiger partial charge on any atom is -0.504 e. The van der Waals surface area contributed by atoms with Gasteiger partial charge in [0.1, 0.15) is 5.57 Å². The van der Waals surface area contributed by atoms with Crippen molar-refractivity contribution in [1.29, 1.82) is 0 Å². The molecule has 0 spiro atoms. The van der Waals surface area contributed by atoms with E-state index < -0.39 is 11.8 Å². The first-order valence-corrected chi connectivity index (χ1v) is 7.68. The number of nitrogens with zero attached hydrogens (tertiary/aromatic N) is 1. The van der Waals surface area contributed by atoms with Gasteiger partial charge >= 0.3 is 0 Å². The molecular weight excluding hydrogens is 411 g/mol. The second-order valence-corrected chi connectivity index (χ2v) is 6.11. The molecule has 0 bridgehead atoms. The van der Waals surface area contributed by atoms with Crippen molar-refractivity contribution < 1.29 is 19.8 Å². The van der Waals surface area contributed by atoms with Crippen LogP contribution in [-0.4, -0.2) is 22.0 Å². The quantitative estimate of drug-likeness (QED) is 0.300. The lowest BCUT2D eigenvalue weighted by Crippen LogP contribution is -2.35. The third kappa shape index (κ3) is 3.00. The van der Waals surface area contributed by atoms with Gasteiger partial charge in [0, 0.05) is 3.57 Å². The van der Waals surface area contributed by atoms with Crippen LogP contribution in [0.15, 0.2) is 48.0 Å². The van der Waals surface area contributed by atoms with Gasteiger partial charge in [-0.05, 0) is 70.6 Å². The lowest BCUT2D eigenvalue weighted by atomic mass is 10.1. The summed E-state index contributed by atoms with van der Waals surface area (Å²) in [5.74, 6) is -1.60. The third-order valence-electron chi connectivity index (χ3n) is 3.29. The van der Waals surface area contributed by atoms with E-state index in [4.69, 9.17) is 0 Å². The molecule has 3 rings (SSSR count). The van der Waals surface area contributed by atoms with Crippen molar-refractivity contribution in [3.05, 3.63) is 57.2 Å². The number of nitrogens with one attached hydrogen (secondary N) is 1. The van der Waals surface area contributed by atoms with E-state index in [-0.39, 0.29) is 17.1 Å². The molecule has 23 heavy (non-hydrogen) atoms. The lowest BCUT2D eigenvalue weighted by Gasteiger charge is -2.14. The van der Waals surface area contributed by atoms with Crippen LogP contribution in [0.2, 0.25) is 0 Å². The molecule has 1 heterocycles. The number of carbonyl (C=O) groups is 2. The zero-order chi connectivity index (χ0) is 16.6. The number of amides is 2. The average molecular weight is 422 g/mol. The standard InChI is InChI=1S/C16H11IN2O4/c17-10-2-4-11(5-3-10)19-16(23)12(15(22)18-19)7-9-1-6-13(20)14(21)8-9/h1-8,20-21H,(H,18,22)/b12-7+. The van der Waals surface area contributed by atoms with Crippen molar-refractivity contribution in [1.82, 2.24) is 5.43 Å². The molecule has 0 atom stereocenters. The molecule has 0 aromatic heterocycles. The van der Waals surface area contributed by atoms with E-state index in [9.17, 15) is 19.8 Å². The van der Waals surface area contributed by atoms with Crippen LogP contribution in [0.4, 0.5) is 5.69 Å². The molecule has 1 saturated heterocycles. The molecule has 3 N–H and O–H groups in total. The highest BCUT2D eigenvalue weighted by molar-refractivity contribution is 14.1. The molecule has 1 fully saturated rings. The molecule has 116 valence electrons. The Labute approximate surface area is 145 Å². The van der Waals surface area contributed by atoms with E-state index in [1.54, 1.807) is 12.1 Å². The molecule has 2 amide bonds. The highest BCUT2D eigenvalue weighted by Gasteiger charge is 2.34. The number of benzene rings is 2. The van der Waals surface area contributed by atoms with Crippen LogP contribution in [0.25, 0.3) is 6.08 Å². The molecule has 0 unspecified atom stereocenters. The number of phenols is 2. The molecule has 2 aromatic rings. The number of hydrogen-bond acceptors (Lipinski definition) is 4. The zero-order valence-electron chi connectivity index (χ0n) is 11.7. The molecule has 6 nitrogen and oxygen atoms in total. The zero-order valence-corrected chi connectivity index (χ0v) is 13.8. The number of hydrogen-bond donors (Lipinski definition) is 3. The van der Waals surface area contributed by atoms with Gasteiger partial charge in [0.2, 0.25) is 0 Å². The lowest BCUT2D eigenvalue weighted by molar-refractivity contribution is -0.117. The molecule has 2 aromatic carbocycles. The first kappa shape index (κ1) is 15.3. The fourth-order valence-electron chi connectivity index (χ4n) is 2.13. The Kier molecular flexibility index (Phi) is 3.95. The van der Waals surface area contributed by atoms with Crippen molar-refractivity contribution in [3.63, 3.8) is 0 Å². The van der Waals surface area contributed by atoms with E-state index >= 15 is 0 Å². The van der Waals surface area contributed by atoms with E-state index in [0.29, 0.717) is 11.3 Å². The highest BCUT2D eigenvalue weighted by atomic mass is 127. The first-order chi connectivity index (χ1) is 11.0. The van der Waals surface area contributed by atoms with Crippen LogP contribution >= 0.6 is 22.6 Å². The van der Waals surface area contributed by atoms with Crippen molar-refractivity contribution in [2.24, 2.45) is 0 Å². The Hall–Kier alpha value is -2.55. The Morgan fingerprint density at radius 3 is 2.35 bits per heavy atom. The predicted octanol–water partition coefficient (Wildman–Crippen LogP) is 2.16. The summed E-state index contributed by atoms with van der Waals surface area (Å²) < 4.78 is 1.01. The van der Waals surface area contributed by atoms with Crippen LogP contribution in [0.5, 0.6) is 11.5 Å². The van der Waals surface area contributed by atoms with Gasteiger partial charge in [-0.25, -0.2) is 5.01 Å². The summed E-state index contributed by atoms with van der Waals surface area (Å²) >= 11 is 2.15. The van der Waals surface area contributed by atoms with Gasteiger partial charge in [-0.15, -0.1) is 0 Å². The minimum absolute atomic E-state index is 0.0476. The number of rotatable bonds is 2. The van der Waals surface area contributed by atoms with Crippen LogP contribution in [0.3, 0.4) is 0 Å². The van der Waals surface area contributed by atoms with Crippen molar-refractivity contribution >= 4 is 46.2 Å². The Morgan fingerprint density at radius 2 is 1.70 bits per heavy atom. The van der Waals surface area contributed by atoms with Gasteiger partial charge in [0.25, 0.3) is 11.8 Å². The number of hydrazine groups is 1. The Morgan fingerprint density at radius 1 is 1.00 bits per heavy atom.